The average Bonchev–Trinajstić information content (AvgIpc) is 3.63. The molecule has 5 heteroatoms. The molecule has 2 unspecified atom stereocenters. The SMILES string of the molecule is C1=CC2c3c(nc(-c4ccccc4)n3-c3ccc(-n4c5ccccc5c5ccccc54)cc3)-c3ccncc3C2C=N1. The minimum Gasteiger partial charge on any atom is -0.309 e. The van der Waals surface area contributed by atoms with Crippen molar-refractivity contribution in [2.24, 2.45) is 4.99 Å². The Balaban J connectivity index is 1.28. The molecule has 1 aliphatic heterocycles. The van der Waals surface area contributed by atoms with E-state index in [1.165, 1.54) is 33.1 Å². The van der Waals surface area contributed by atoms with Gasteiger partial charge in [-0.1, -0.05) is 72.8 Å². The molecule has 1 aliphatic carbocycles. The Morgan fingerprint density at radius 1 is 0.619 bits per heavy atom. The van der Waals surface area contributed by atoms with Crippen LogP contribution in [-0.4, -0.2) is 25.3 Å². The first kappa shape index (κ1) is 23.2. The number of hydrogen-bond acceptors (Lipinski definition) is 3. The molecule has 3 aromatic heterocycles. The van der Waals surface area contributed by atoms with Gasteiger partial charge in [0.1, 0.15) is 5.82 Å². The Labute approximate surface area is 242 Å². The number of para-hydroxylation sites is 2. The molecule has 0 amide bonds. The lowest BCUT2D eigenvalue weighted by Crippen LogP contribution is -2.22. The third-order valence-electron chi connectivity index (χ3n) is 8.69. The van der Waals surface area contributed by atoms with Crippen molar-refractivity contribution in [2.75, 3.05) is 0 Å². The Morgan fingerprint density at radius 2 is 1.29 bits per heavy atom. The Kier molecular flexibility index (Phi) is 4.96. The number of imidazole rings is 1. The lowest BCUT2D eigenvalue weighted by atomic mass is 9.76. The number of hydrogen-bond donors (Lipinski definition) is 0. The maximum absolute atomic E-state index is 5.34. The number of pyridine rings is 1. The zero-order valence-corrected chi connectivity index (χ0v) is 22.7. The summed E-state index contributed by atoms with van der Waals surface area (Å²) in [6, 6.07) is 38.7. The van der Waals surface area contributed by atoms with Crippen LogP contribution in [0.25, 0.3) is 55.8 Å². The number of nitrogens with zero attached hydrogens (tertiary/aromatic N) is 5. The highest BCUT2D eigenvalue weighted by Gasteiger charge is 2.38. The minimum absolute atomic E-state index is 0.108. The topological polar surface area (TPSA) is 48.0 Å². The van der Waals surface area contributed by atoms with Crippen LogP contribution in [-0.2, 0) is 0 Å². The highest BCUT2D eigenvalue weighted by Crippen LogP contribution is 2.49. The molecule has 9 rings (SSSR count). The van der Waals surface area contributed by atoms with E-state index in [1.54, 1.807) is 0 Å². The number of aromatic nitrogens is 4. The third kappa shape index (κ3) is 3.28. The lowest BCUT2D eigenvalue weighted by molar-refractivity contribution is 0.714. The first-order chi connectivity index (χ1) is 20.9. The van der Waals surface area contributed by atoms with Gasteiger partial charge in [0.2, 0.25) is 0 Å². The van der Waals surface area contributed by atoms with Gasteiger partial charge in [-0.15, -0.1) is 0 Å². The fourth-order valence-electron chi connectivity index (χ4n) is 6.85. The lowest BCUT2D eigenvalue weighted by Gasteiger charge is -2.31. The maximum Gasteiger partial charge on any atom is 0.145 e. The van der Waals surface area contributed by atoms with Crippen LogP contribution in [0.3, 0.4) is 0 Å². The van der Waals surface area contributed by atoms with E-state index in [2.05, 4.69) is 141 Å². The zero-order valence-electron chi connectivity index (χ0n) is 22.7. The van der Waals surface area contributed by atoms with Gasteiger partial charge in [0.25, 0.3) is 0 Å². The van der Waals surface area contributed by atoms with Crippen LogP contribution in [0.1, 0.15) is 23.1 Å². The van der Waals surface area contributed by atoms with E-state index < -0.39 is 0 Å². The van der Waals surface area contributed by atoms with Crippen molar-refractivity contribution in [3.05, 3.63) is 145 Å². The van der Waals surface area contributed by atoms with E-state index in [1.807, 2.05) is 18.6 Å². The van der Waals surface area contributed by atoms with Gasteiger partial charge in [0.05, 0.1) is 22.4 Å². The second-order valence-corrected chi connectivity index (χ2v) is 10.9. The van der Waals surface area contributed by atoms with Crippen molar-refractivity contribution in [3.63, 3.8) is 0 Å². The molecule has 5 nitrogen and oxygen atoms in total. The largest absolute Gasteiger partial charge is 0.309 e. The molecule has 0 spiro atoms. The van der Waals surface area contributed by atoms with Crippen LogP contribution in [0.5, 0.6) is 0 Å². The van der Waals surface area contributed by atoms with Gasteiger partial charge >= 0.3 is 0 Å². The summed E-state index contributed by atoms with van der Waals surface area (Å²) in [7, 11) is 0. The summed E-state index contributed by atoms with van der Waals surface area (Å²) in [6.07, 6.45) is 10.0. The van der Waals surface area contributed by atoms with E-state index in [0.717, 1.165) is 34.0 Å². The number of aliphatic imine (C=N–C) groups is 1. The molecule has 0 fully saturated rings. The molecular weight excluding hydrogens is 514 g/mol. The quantitative estimate of drug-likeness (QED) is 0.226. The smallest absolute Gasteiger partial charge is 0.145 e. The van der Waals surface area contributed by atoms with Crippen molar-refractivity contribution in [1.82, 2.24) is 19.1 Å². The molecule has 0 radical (unpaired) electrons. The van der Waals surface area contributed by atoms with Gasteiger partial charge < -0.3 is 4.57 Å². The van der Waals surface area contributed by atoms with Crippen LogP contribution < -0.4 is 0 Å². The number of rotatable bonds is 3. The van der Waals surface area contributed by atoms with Crippen LogP contribution in [0, 0.1) is 0 Å². The molecule has 198 valence electrons. The van der Waals surface area contributed by atoms with Gasteiger partial charge in [-0.05, 0) is 48.0 Å². The van der Waals surface area contributed by atoms with Crippen molar-refractivity contribution in [2.45, 2.75) is 11.8 Å². The van der Waals surface area contributed by atoms with Crippen molar-refractivity contribution in [1.29, 1.82) is 0 Å². The van der Waals surface area contributed by atoms with Crippen molar-refractivity contribution >= 4 is 28.0 Å². The average molecular weight is 540 g/mol. The van der Waals surface area contributed by atoms with E-state index in [-0.39, 0.29) is 11.8 Å². The van der Waals surface area contributed by atoms with Gasteiger partial charge in [0.15, 0.2) is 0 Å². The van der Waals surface area contributed by atoms with Gasteiger partial charge in [-0.25, -0.2) is 4.98 Å². The second-order valence-electron chi connectivity index (χ2n) is 10.9. The van der Waals surface area contributed by atoms with Crippen molar-refractivity contribution < 1.29 is 0 Å². The Hall–Kier alpha value is -5.55. The third-order valence-corrected chi connectivity index (χ3v) is 8.69. The summed E-state index contributed by atoms with van der Waals surface area (Å²) in [5.41, 5.74) is 10.2. The highest BCUT2D eigenvalue weighted by atomic mass is 15.1. The molecule has 0 saturated carbocycles. The monoisotopic (exact) mass is 539 g/mol. The van der Waals surface area contributed by atoms with E-state index in [4.69, 9.17) is 4.98 Å². The molecule has 7 aromatic rings. The van der Waals surface area contributed by atoms with Gasteiger partial charge in [-0.3, -0.25) is 14.5 Å². The molecule has 0 bridgehead atoms. The second kappa shape index (κ2) is 8.98. The summed E-state index contributed by atoms with van der Waals surface area (Å²) in [6.45, 7) is 0. The standard InChI is InChI=1S/C37H25N5/c1-2-8-24(9-3-1)37-40-35-29-18-20-38-22-31(29)32-23-39-21-19-30(32)36(35)42(37)26-16-14-25(15-17-26)41-33-12-6-4-10-27(33)28-11-5-7-13-34(28)41/h1-23,30,32H. The molecular formula is C37H25N5. The summed E-state index contributed by atoms with van der Waals surface area (Å²) in [5.74, 6) is 1.16. The molecule has 0 saturated heterocycles. The van der Waals surface area contributed by atoms with E-state index >= 15 is 0 Å². The predicted octanol–water partition coefficient (Wildman–Crippen LogP) is 8.48. The summed E-state index contributed by atoms with van der Waals surface area (Å²) < 4.78 is 4.71. The van der Waals surface area contributed by atoms with Crippen molar-refractivity contribution in [3.8, 4) is 34.0 Å². The summed E-state index contributed by atoms with van der Waals surface area (Å²) in [4.78, 5) is 14.3. The zero-order chi connectivity index (χ0) is 27.6. The van der Waals surface area contributed by atoms with Crippen LogP contribution in [0.15, 0.2) is 139 Å². The normalized spacial score (nSPS) is 16.9. The number of allylic oxidation sites excluding steroid dienone is 1. The van der Waals surface area contributed by atoms with Crippen LogP contribution in [0.2, 0.25) is 0 Å². The fraction of sp³-hybridized carbons (Fsp3) is 0.0541. The molecule has 2 atom stereocenters. The number of benzene rings is 4. The summed E-state index contributed by atoms with van der Waals surface area (Å²) in [5, 5.41) is 2.52. The fourth-order valence-corrected chi connectivity index (χ4v) is 6.85. The van der Waals surface area contributed by atoms with Crippen LogP contribution in [0.4, 0.5) is 0 Å². The van der Waals surface area contributed by atoms with Gasteiger partial charge in [-0.2, -0.15) is 0 Å². The van der Waals surface area contributed by atoms with Gasteiger partial charge in [0, 0.05) is 69.9 Å². The summed E-state index contributed by atoms with van der Waals surface area (Å²) >= 11 is 0. The molecule has 42 heavy (non-hydrogen) atoms. The Bertz CT molecular complexity index is 2150. The van der Waals surface area contributed by atoms with E-state index in [0.29, 0.717) is 0 Å². The predicted molar refractivity (Wildman–Crippen MR) is 170 cm³/mol. The van der Waals surface area contributed by atoms with E-state index in [9.17, 15) is 0 Å². The minimum atomic E-state index is 0.108. The molecule has 0 N–H and O–H groups in total. The Morgan fingerprint density at radius 3 is 2.02 bits per heavy atom. The first-order valence-corrected chi connectivity index (χ1v) is 14.3. The molecule has 4 heterocycles. The molecule has 2 aliphatic rings. The van der Waals surface area contributed by atoms with Crippen LogP contribution >= 0.6 is 0 Å². The molecule has 4 aromatic carbocycles. The number of fused-ring (bicyclic) bond motifs is 9. The highest BCUT2D eigenvalue weighted by molar-refractivity contribution is 6.09. The maximum atomic E-state index is 5.34. The first-order valence-electron chi connectivity index (χ1n) is 14.3.